The van der Waals surface area contributed by atoms with Crippen LogP contribution in [0.5, 0.6) is 0 Å². The van der Waals surface area contributed by atoms with E-state index in [-0.39, 0.29) is 18.6 Å². The van der Waals surface area contributed by atoms with Crippen LogP contribution in [0.15, 0.2) is 0 Å². The first-order chi connectivity index (χ1) is 10.4. The number of carbonyl (C=O) groups is 4. The number of aliphatic carboxylic acids is 3. The molecule has 0 aliphatic heterocycles. The van der Waals surface area contributed by atoms with Crippen molar-refractivity contribution in [2.24, 2.45) is 22.9 Å². The third-order valence-electron chi connectivity index (χ3n) is 1.92. The number of nitrogens with two attached hydrogens (primary N) is 4. The maximum absolute atomic E-state index is 10.1. The van der Waals surface area contributed by atoms with Crippen molar-refractivity contribution in [1.29, 1.82) is 0 Å². The zero-order valence-electron chi connectivity index (χ0n) is 12.6. The first kappa shape index (κ1) is 26.0. The van der Waals surface area contributed by atoms with Gasteiger partial charge in [0.2, 0.25) is 5.91 Å². The number of hydrogen-bond donors (Lipinski definition) is 8. The molecule has 3 unspecified atom stereocenters. The first-order valence-electron chi connectivity index (χ1n) is 6.21. The van der Waals surface area contributed by atoms with E-state index in [2.05, 4.69) is 12.6 Å². The van der Waals surface area contributed by atoms with Crippen LogP contribution in [0.25, 0.3) is 0 Å². The normalized spacial score (nSPS) is 13.1. The Morgan fingerprint density at radius 3 is 1.39 bits per heavy atom. The summed E-state index contributed by atoms with van der Waals surface area (Å²) < 4.78 is 0. The van der Waals surface area contributed by atoms with Crippen molar-refractivity contribution < 1.29 is 34.5 Å². The van der Waals surface area contributed by atoms with Crippen molar-refractivity contribution in [2.45, 2.75) is 37.9 Å². The Labute approximate surface area is 138 Å². The Morgan fingerprint density at radius 1 is 0.913 bits per heavy atom. The van der Waals surface area contributed by atoms with Gasteiger partial charge in [-0.15, -0.1) is 0 Å². The van der Waals surface area contributed by atoms with Gasteiger partial charge in [0.1, 0.15) is 18.1 Å². The third kappa shape index (κ3) is 22.5. The lowest BCUT2D eigenvalue weighted by atomic mass is 10.2. The van der Waals surface area contributed by atoms with Crippen molar-refractivity contribution in [3.63, 3.8) is 0 Å². The predicted molar refractivity (Wildman–Crippen MR) is 84.8 cm³/mol. The van der Waals surface area contributed by atoms with Crippen LogP contribution in [0.1, 0.15) is 19.8 Å². The van der Waals surface area contributed by atoms with Crippen molar-refractivity contribution in [2.75, 3.05) is 5.75 Å². The molecular formula is C11H24N4O7S. The van der Waals surface area contributed by atoms with Crippen LogP contribution < -0.4 is 22.9 Å². The van der Waals surface area contributed by atoms with E-state index < -0.39 is 41.9 Å². The number of carboxylic acids is 3. The van der Waals surface area contributed by atoms with Gasteiger partial charge in [-0.1, -0.05) is 0 Å². The molecule has 0 rings (SSSR count). The SMILES string of the molecule is CC(N)C(=O)O.NC(=O)CCC(N)C(=O)O.NC(CS)C(=O)O. The molecule has 0 heterocycles. The largest absolute Gasteiger partial charge is 0.480 e. The molecule has 0 aliphatic rings. The number of rotatable bonds is 7. The predicted octanol–water partition coefficient (Wildman–Crippen LogP) is -2.59. The van der Waals surface area contributed by atoms with Crippen LogP contribution in [-0.2, 0) is 19.2 Å². The van der Waals surface area contributed by atoms with E-state index in [0.29, 0.717) is 0 Å². The van der Waals surface area contributed by atoms with Crippen LogP contribution in [-0.4, -0.2) is 63.0 Å². The highest BCUT2D eigenvalue weighted by atomic mass is 32.1. The zero-order chi connectivity index (χ0) is 19.2. The van der Waals surface area contributed by atoms with Gasteiger partial charge >= 0.3 is 17.9 Å². The Balaban J connectivity index is -0.000000272. The Bertz CT molecular complexity index is 393. The Morgan fingerprint density at radius 2 is 1.26 bits per heavy atom. The molecule has 12 heteroatoms. The van der Waals surface area contributed by atoms with Crippen molar-refractivity contribution >= 4 is 36.4 Å². The molecule has 0 bridgehead atoms. The molecule has 3 atom stereocenters. The van der Waals surface area contributed by atoms with E-state index in [0.717, 1.165) is 0 Å². The molecule has 0 saturated heterocycles. The van der Waals surface area contributed by atoms with Gasteiger partial charge in [-0.2, -0.15) is 12.6 Å². The Kier molecular flexibility index (Phi) is 17.0. The minimum Gasteiger partial charge on any atom is -0.480 e. The van der Waals surface area contributed by atoms with E-state index in [4.69, 9.17) is 38.3 Å². The second-order valence-corrected chi connectivity index (χ2v) is 4.57. The second kappa shape index (κ2) is 15.0. The van der Waals surface area contributed by atoms with Gasteiger partial charge in [0.05, 0.1) is 0 Å². The quantitative estimate of drug-likeness (QED) is 0.221. The summed E-state index contributed by atoms with van der Waals surface area (Å²) in [6.45, 7) is 1.42. The monoisotopic (exact) mass is 356 g/mol. The minimum absolute atomic E-state index is 0.0213. The standard InChI is InChI=1S/C5H10N2O3.C3H7NO2S.C3H7NO2/c6-3(5(9)10)1-2-4(7)8;4-2(1-7)3(5)6;1-2(4)3(5)6/h3H,1-2,6H2,(H2,7,8)(H,9,10);2,7H,1,4H2,(H,5,6);2H,4H2,1H3,(H,5,6). The number of thiol groups is 1. The first-order valence-corrected chi connectivity index (χ1v) is 6.84. The summed E-state index contributed by atoms with van der Waals surface area (Å²) in [5.41, 5.74) is 19.6. The van der Waals surface area contributed by atoms with Gasteiger partial charge in [0.25, 0.3) is 0 Å². The van der Waals surface area contributed by atoms with Gasteiger partial charge < -0.3 is 38.3 Å². The number of amides is 1. The van der Waals surface area contributed by atoms with E-state index in [1.807, 2.05) is 0 Å². The van der Waals surface area contributed by atoms with Gasteiger partial charge in [-0.25, -0.2) is 0 Å². The van der Waals surface area contributed by atoms with Gasteiger partial charge in [0, 0.05) is 12.2 Å². The highest BCUT2D eigenvalue weighted by Gasteiger charge is 2.11. The van der Waals surface area contributed by atoms with E-state index in [1.54, 1.807) is 0 Å². The Hall–Kier alpha value is -1.89. The second-order valence-electron chi connectivity index (χ2n) is 4.20. The molecule has 1 amide bonds. The van der Waals surface area contributed by atoms with E-state index in [1.165, 1.54) is 6.92 Å². The summed E-state index contributed by atoms with van der Waals surface area (Å²) in [4.78, 5) is 39.5. The fourth-order valence-electron chi connectivity index (χ4n) is 0.499. The number of carbonyl (C=O) groups excluding carboxylic acids is 1. The maximum Gasteiger partial charge on any atom is 0.321 e. The topological polar surface area (TPSA) is 233 Å². The smallest absolute Gasteiger partial charge is 0.321 e. The zero-order valence-corrected chi connectivity index (χ0v) is 13.5. The fourth-order valence-corrected chi connectivity index (χ4v) is 0.656. The summed E-state index contributed by atoms with van der Waals surface area (Å²) in [7, 11) is 0. The molecule has 0 radical (unpaired) electrons. The summed E-state index contributed by atoms with van der Waals surface area (Å²) in [5.74, 6) is -3.42. The van der Waals surface area contributed by atoms with Gasteiger partial charge in [0.15, 0.2) is 0 Å². The molecule has 23 heavy (non-hydrogen) atoms. The maximum atomic E-state index is 10.1. The summed E-state index contributed by atoms with van der Waals surface area (Å²) in [6.07, 6.45) is 0.123. The summed E-state index contributed by atoms with van der Waals surface area (Å²) >= 11 is 3.65. The van der Waals surface area contributed by atoms with Crippen molar-refractivity contribution in [3.8, 4) is 0 Å². The van der Waals surface area contributed by atoms with Crippen LogP contribution in [0.3, 0.4) is 0 Å². The highest BCUT2D eigenvalue weighted by Crippen LogP contribution is 1.92. The van der Waals surface area contributed by atoms with E-state index >= 15 is 0 Å². The number of primary amides is 1. The van der Waals surface area contributed by atoms with Crippen molar-refractivity contribution in [3.05, 3.63) is 0 Å². The molecular weight excluding hydrogens is 332 g/mol. The molecule has 0 saturated carbocycles. The average molecular weight is 356 g/mol. The highest BCUT2D eigenvalue weighted by molar-refractivity contribution is 7.80. The molecule has 0 aromatic carbocycles. The molecule has 0 fully saturated rings. The number of hydrogen-bond acceptors (Lipinski definition) is 8. The summed E-state index contributed by atoms with van der Waals surface area (Å²) in [5, 5.41) is 24.1. The molecule has 11 N–H and O–H groups in total. The number of carboxylic acid groups (broad SMARTS) is 3. The molecule has 11 nitrogen and oxygen atoms in total. The molecule has 0 aromatic heterocycles. The lowest BCUT2D eigenvalue weighted by molar-refractivity contribution is -0.139. The lowest BCUT2D eigenvalue weighted by Crippen LogP contribution is -2.31. The van der Waals surface area contributed by atoms with Gasteiger partial charge in [-0.05, 0) is 13.3 Å². The third-order valence-corrected chi connectivity index (χ3v) is 2.32. The van der Waals surface area contributed by atoms with E-state index in [9.17, 15) is 19.2 Å². The van der Waals surface area contributed by atoms with Crippen molar-refractivity contribution in [1.82, 2.24) is 0 Å². The fraction of sp³-hybridized carbons (Fsp3) is 0.636. The molecule has 0 aromatic rings. The molecule has 0 spiro atoms. The molecule has 0 aliphatic carbocycles. The van der Waals surface area contributed by atoms with Crippen LogP contribution in [0.4, 0.5) is 0 Å². The van der Waals surface area contributed by atoms with Crippen LogP contribution >= 0.6 is 12.6 Å². The average Bonchev–Trinajstić information content (AvgIpc) is 2.44. The molecule has 136 valence electrons. The van der Waals surface area contributed by atoms with Gasteiger partial charge in [-0.3, -0.25) is 19.2 Å². The summed E-state index contributed by atoms with van der Waals surface area (Å²) in [6, 6.07) is -2.53. The minimum atomic E-state index is -1.11. The van der Waals surface area contributed by atoms with Crippen LogP contribution in [0.2, 0.25) is 0 Å². The lowest BCUT2D eigenvalue weighted by Gasteiger charge is -2.01. The van der Waals surface area contributed by atoms with Crippen LogP contribution in [0, 0.1) is 0 Å².